The average Bonchev–Trinajstić information content (AvgIpc) is 3.19. The lowest BCUT2D eigenvalue weighted by Crippen LogP contribution is -2.35. The smallest absolute Gasteiger partial charge is 0.223 e. The third-order valence-electron chi connectivity index (χ3n) is 5.30. The van der Waals surface area contributed by atoms with Crippen molar-refractivity contribution >= 4 is 28.6 Å². The minimum atomic E-state index is 0.151. The van der Waals surface area contributed by atoms with Crippen LogP contribution in [-0.2, 0) is 4.79 Å². The summed E-state index contributed by atoms with van der Waals surface area (Å²) in [7, 11) is 1.95. The molecular weight excluding hydrogens is 328 g/mol. The second-order valence-corrected chi connectivity index (χ2v) is 7.66. The minimum absolute atomic E-state index is 0.151. The van der Waals surface area contributed by atoms with Crippen LogP contribution in [0.4, 0.5) is 0 Å². The summed E-state index contributed by atoms with van der Waals surface area (Å²) in [6, 6.07) is 21.2. The number of amides is 1. The molecule has 1 unspecified atom stereocenters. The molecule has 0 spiro atoms. The first-order valence-electron chi connectivity index (χ1n) is 8.60. The Kier molecular flexibility index (Phi) is 4.30. The number of aromatic amines is 1. The lowest BCUT2D eigenvalue weighted by Gasteiger charge is -2.31. The highest BCUT2D eigenvalue weighted by Gasteiger charge is 2.43. The second-order valence-electron chi connectivity index (χ2n) is 6.68. The molecule has 2 heterocycles. The van der Waals surface area contributed by atoms with Gasteiger partial charge in [0.05, 0.1) is 11.3 Å². The van der Waals surface area contributed by atoms with Crippen LogP contribution in [0.15, 0.2) is 60.7 Å². The Hall–Kier alpha value is -2.20. The number of fused-ring (bicyclic) bond motifs is 1. The van der Waals surface area contributed by atoms with E-state index in [-0.39, 0.29) is 23.1 Å². The number of likely N-dealkylation sites (tertiary alicyclic amines) is 1. The van der Waals surface area contributed by atoms with E-state index in [9.17, 15) is 4.79 Å². The van der Waals surface area contributed by atoms with Gasteiger partial charge in [-0.2, -0.15) is 11.8 Å². The standard InChI is InChI=1S/C21H22N2OS/c1-23-19(24)13-16(14-8-4-3-5-9-14)20(23)21(25-2)18-12-15-10-6-7-11-17(15)22-18/h3-12,16,20-22H,13H2,1-2H3/t16-,20-,21?/m1/s1. The summed E-state index contributed by atoms with van der Waals surface area (Å²) in [5.74, 6) is 0.455. The zero-order chi connectivity index (χ0) is 17.4. The van der Waals surface area contributed by atoms with Crippen molar-refractivity contribution in [2.45, 2.75) is 23.6 Å². The third-order valence-corrected chi connectivity index (χ3v) is 6.34. The molecule has 1 N–H and O–H groups in total. The molecule has 128 valence electrons. The molecule has 4 rings (SSSR count). The lowest BCUT2D eigenvalue weighted by atomic mass is 9.89. The van der Waals surface area contributed by atoms with Gasteiger partial charge in [-0.05, 0) is 29.3 Å². The van der Waals surface area contributed by atoms with Gasteiger partial charge < -0.3 is 9.88 Å². The van der Waals surface area contributed by atoms with Crippen molar-refractivity contribution in [3.05, 3.63) is 71.9 Å². The van der Waals surface area contributed by atoms with E-state index in [1.807, 2.05) is 29.8 Å². The molecule has 0 saturated carbocycles. The van der Waals surface area contributed by atoms with Gasteiger partial charge >= 0.3 is 0 Å². The Balaban J connectivity index is 1.76. The lowest BCUT2D eigenvalue weighted by molar-refractivity contribution is -0.127. The third kappa shape index (κ3) is 2.85. The van der Waals surface area contributed by atoms with E-state index in [1.165, 1.54) is 16.6 Å². The van der Waals surface area contributed by atoms with E-state index in [4.69, 9.17) is 0 Å². The van der Waals surface area contributed by atoms with Crippen LogP contribution >= 0.6 is 11.8 Å². The van der Waals surface area contributed by atoms with Crippen molar-refractivity contribution < 1.29 is 4.79 Å². The molecular formula is C21H22N2OS. The summed E-state index contributed by atoms with van der Waals surface area (Å²) < 4.78 is 0. The fraction of sp³-hybridized carbons (Fsp3) is 0.286. The van der Waals surface area contributed by atoms with Gasteiger partial charge in [0.15, 0.2) is 0 Å². The van der Waals surface area contributed by atoms with E-state index >= 15 is 0 Å². The summed E-state index contributed by atoms with van der Waals surface area (Å²) in [6.45, 7) is 0. The van der Waals surface area contributed by atoms with Gasteiger partial charge in [-0.1, -0.05) is 48.5 Å². The van der Waals surface area contributed by atoms with Crippen molar-refractivity contribution in [1.29, 1.82) is 0 Å². The predicted octanol–water partition coefficient (Wildman–Crippen LogP) is 4.59. The Bertz CT molecular complexity index is 856. The molecule has 0 radical (unpaired) electrons. The van der Waals surface area contributed by atoms with Gasteiger partial charge in [0, 0.05) is 30.6 Å². The van der Waals surface area contributed by atoms with E-state index < -0.39 is 0 Å². The van der Waals surface area contributed by atoms with Gasteiger partial charge in [0.2, 0.25) is 5.91 Å². The maximum absolute atomic E-state index is 12.5. The number of hydrogen-bond acceptors (Lipinski definition) is 2. The summed E-state index contributed by atoms with van der Waals surface area (Å²) in [5, 5.41) is 1.44. The Morgan fingerprint density at radius 2 is 1.84 bits per heavy atom. The average molecular weight is 350 g/mol. The van der Waals surface area contributed by atoms with Gasteiger partial charge in [-0.15, -0.1) is 0 Å². The van der Waals surface area contributed by atoms with Crippen molar-refractivity contribution in [1.82, 2.24) is 9.88 Å². The molecule has 3 atom stereocenters. The molecule has 3 aromatic rings. The van der Waals surface area contributed by atoms with Crippen LogP contribution in [0.25, 0.3) is 10.9 Å². The van der Waals surface area contributed by atoms with E-state index in [0.29, 0.717) is 6.42 Å². The molecule has 4 heteroatoms. The van der Waals surface area contributed by atoms with Crippen molar-refractivity contribution in [2.24, 2.45) is 0 Å². The fourth-order valence-electron chi connectivity index (χ4n) is 4.02. The summed E-state index contributed by atoms with van der Waals surface area (Å²) >= 11 is 1.81. The predicted molar refractivity (Wildman–Crippen MR) is 105 cm³/mol. The van der Waals surface area contributed by atoms with Crippen LogP contribution in [0.5, 0.6) is 0 Å². The minimum Gasteiger partial charge on any atom is -0.357 e. The monoisotopic (exact) mass is 350 g/mol. The number of thioether (sulfide) groups is 1. The Morgan fingerprint density at radius 1 is 1.12 bits per heavy atom. The van der Waals surface area contributed by atoms with E-state index in [0.717, 1.165) is 5.52 Å². The van der Waals surface area contributed by atoms with Crippen molar-refractivity contribution in [3.8, 4) is 0 Å². The topological polar surface area (TPSA) is 36.1 Å². The summed E-state index contributed by atoms with van der Waals surface area (Å²) in [4.78, 5) is 18.0. The van der Waals surface area contributed by atoms with Crippen molar-refractivity contribution in [3.63, 3.8) is 0 Å². The number of carbonyl (C=O) groups excluding carboxylic acids is 1. The van der Waals surface area contributed by atoms with Crippen LogP contribution in [0.1, 0.15) is 28.8 Å². The molecule has 1 aromatic heterocycles. The normalized spacial score (nSPS) is 21.8. The van der Waals surface area contributed by atoms with Gasteiger partial charge in [0.1, 0.15) is 0 Å². The number of nitrogens with one attached hydrogen (secondary N) is 1. The molecule has 25 heavy (non-hydrogen) atoms. The van der Waals surface area contributed by atoms with Crippen LogP contribution in [-0.4, -0.2) is 35.1 Å². The maximum atomic E-state index is 12.5. The number of para-hydroxylation sites is 1. The van der Waals surface area contributed by atoms with Crippen LogP contribution in [0.2, 0.25) is 0 Å². The van der Waals surface area contributed by atoms with Gasteiger partial charge in [-0.3, -0.25) is 4.79 Å². The fourth-order valence-corrected chi connectivity index (χ4v) is 5.05. The highest BCUT2D eigenvalue weighted by Crippen LogP contribution is 2.45. The number of H-pyrrole nitrogens is 1. The number of nitrogens with zero attached hydrogens (tertiary/aromatic N) is 1. The molecule has 1 amide bonds. The number of aromatic nitrogens is 1. The van der Waals surface area contributed by atoms with Crippen LogP contribution in [0, 0.1) is 0 Å². The van der Waals surface area contributed by atoms with Crippen molar-refractivity contribution in [2.75, 3.05) is 13.3 Å². The van der Waals surface area contributed by atoms with Crippen LogP contribution in [0.3, 0.4) is 0 Å². The molecule has 1 fully saturated rings. The molecule has 1 aliphatic heterocycles. The van der Waals surface area contributed by atoms with Crippen LogP contribution < -0.4 is 0 Å². The molecule has 1 saturated heterocycles. The molecule has 3 nitrogen and oxygen atoms in total. The molecule has 0 aliphatic carbocycles. The first kappa shape index (κ1) is 16.3. The summed E-state index contributed by atoms with van der Waals surface area (Å²) in [6.07, 6.45) is 2.72. The number of likely N-dealkylation sites (N-methyl/N-ethyl adjacent to an activating group) is 1. The Labute approximate surface area is 152 Å². The maximum Gasteiger partial charge on any atom is 0.223 e. The molecule has 0 bridgehead atoms. The number of rotatable bonds is 4. The SMILES string of the molecule is CSC(c1cc2ccccc2[nH]1)[C@H]1[C@@H](c2ccccc2)CC(=O)N1C. The zero-order valence-electron chi connectivity index (χ0n) is 14.5. The highest BCUT2D eigenvalue weighted by atomic mass is 32.2. The molecule has 1 aliphatic rings. The largest absolute Gasteiger partial charge is 0.357 e. The van der Waals surface area contributed by atoms with Gasteiger partial charge in [0.25, 0.3) is 0 Å². The Morgan fingerprint density at radius 3 is 2.56 bits per heavy atom. The van der Waals surface area contributed by atoms with E-state index in [1.54, 1.807) is 0 Å². The van der Waals surface area contributed by atoms with E-state index in [2.05, 4.69) is 65.8 Å². The second kappa shape index (κ2) is 6.60. The number of carbonyl (C=O) groups is 1. The van der Waals surface area contributed by atoms with Gasteiger partial charge in [-0.25, -0.2) is 0 Å². The zero-order valence-corrected chi connectivity index (χ0v) is 15.3. The molecule has 2 aromatic carbocycles. The highest BCUT2D eigenvalue weighted by molar-refractivity contribution is 7.98. The number of benzene rings is 2. The number of hydrogen-bond donors (Lipinski definition) is 1. The quantitative estimate of drug-likeness (QED) is 0.747. The first-order chi connectivity index (χ1) is 12.2. The summed E-state index contributed by atoms with van der Waals surface area (Å²) in [5.41, 5.74) is 3.60. The first-order valence-corrected chi connectivity index (χ1v) is 9.89.